The Labute approximate surface area is 153 Å². The minimum absolute atomic E-state index is 0.132. The Kier molecular flexibility index (Phi) is 4.26. The highest BCUT2D eigenvalue weighted by Crippen LogP contribution is 2.34. The van der Waals surface area contributed by atoms with Crippen LogP contribution in [-0.4, -0.2) is 10.9 Å². The molecule has 25 heavy (non-hydrogen) atoms. The molecular formula is C19H13ClN2O2S. The lowest BCUT2D eigenvalue weighted by molar-refractivity contribution is 0.0983. The molecule has 124 valence electrons. The van der Waals surface area contributed by atoms with Crippen molar-refractivity contribution in [2.45, 2.75) is 6.54 Å². The summed E-state index contributed by atoms with van der Waals surface area (Å²) >= 11 is 7.67. The molecule has 4 aromatic rings. The molecule has 0 aliphatic heterocycles. The van der Waals surface area contributed by atoms with Crippen molar-refractivity contribution in [1.82, 2.24) is 4.98 Å². The van der Waals surface area contributed by atoms with E-state index in [1.165, 1.54) is 11.3 Å². The first-order chi connectivity index (χ1) is 12.2. The maximum absolute atomic E-state index is 13.1. The van der Waals surface area contributed by atoms with Crippen molar-refractivity contribution in [3.63, 3.8) is 0 Å². The fourth-order valence-electron chi connectivity index (χ4n) is 2.54. The van der Waals surface area contributed by atoms with Crippen LogP contribution in [0.1, 0.15) is 16.1 Å². The largest absolute Gasteiger partial charge is 0.467 e. The number of anilines is 1. The Morgan fingerprint density at radius 3 is 2.64 bits per heavy atom. The number of furan rings is 1. The summed E-state index contributed by atoms with van der Waals surface area (Å²) in [5, 5.41) is 1.17. The van der Waals surface area contributed by atoms with Crippen LogP contribution in [0, 0.1) is 0 Å². The van der Waals surface area contributed by atoms with E-state index in [4.69, 9.17) is 16.0 Å². The van der Waals surface area contributed by atoms with Crippen molar-refractivity contribution in [1.29, 1.82) is 0 Å². The average Bonchev–Trinajstić information content (AvgIpc) is 3.30. The van der Waals surface area contributed by atoms with Gasteiger partial charge in [0.05, 0.1) is 22.5 Å². The summed E-state index contributed by atoms with van der Waals surface area (Å²) in [4.78, 5) is 19.3. The first-order valence-corrected chi connectivity index (χ1v) is 8.86. The molecule has 2 heterocycles. The number of benzene rings is 2. The van der Waals surface area contributed by atoms with E-state index >= 15 is 0 Å². The summed E-state index contributed by atoms with van der Waals surface area (Å²) in [6.45, 7) is 0.304. The van der Waals surface area contributed by atoms with E-state index in [0.29, 0.717) is 33.5 Å². The van der Waals surface area contributed by atoms with Gasteiger partial charge in [-0.25, -0.2) is 4.98 Å². The highest BCUT2D eigenvalue weighted by molar-refractivity contribution is 7.22. The van der Waals surface area contributed by atoms with E-state index in [-0.39, 0.29) is 5.91 Å². The van der Waals surface area contributed by atoms with Crippen molar-refractivity contribution >= 4 is 44.2 Å². The van der Waals surface area contributed by atoms with Gasteiger partial charge in [-0.1, -0.05) is 47.2 Å². The summed E-state index contributed by atoms with van der Waals surface area (Å²) < 4.78 is 6.36. The summed E-state index contributed by atoms with van der Waals surface area (Å²) in [5.41, 5.74) is 1.30. The number of hydrogen-bond acceptors (Lipinski definition) is 4. The fourth-order valence-corrected chi connectivity index (χ4v) is 3.80. The maximum atomic E-state index is 13.1. The minimum Gasteiger partial charge on any atom is -0.467 e. The van der Waals surface area contributed by atoms with Gasteiger partial charge in [-0.15, -0.1) is 0 Å². The highest BCUT2D eigenvalue weighted by atomic mass is 35.5. The number of nitrogens with zero attached hydrogens (tertiary/aromatic N) is 2. The van der Waals surface area contributed by atoms with Crippen molar-refractivity contribution in [3.05, 3.63) is 83.3 Å². The van der Waals surface area contributed by atoms with E-state index in [9.17, 15) is 4.79 Å². The number of thiazole rings is 1. The smallest absolute Gasteiger partial charge is 0.260 e. The van der Waals surface area contributed by atoms with Crippen LogP contribution in [0.5, 0.6) is 0 Å². The lowest BCUT2D eigenvalue weighted by Crippen LogP contribution is -2.30. The fraction of sp³-hybridized carbons (Fsp3) is 0.0526. The number of carbonyl (C=O) groups excluding carboxylic acids is 1. The average molecular weight is 369 g/mol. The van der Waals surface area contributed by atoms with E-state index in [1.807, 2.05) is 36.4 Å². The van der Waals surface area contributed by atoms with E-state index in [1.54, 1.807) is 35.4 Å². The summed E-state index contributed by atoms with van der Waals surface area (Å²) in [7, 11) is 0. The summed E-state index contributed by atoms with van der Waals surface area (Å²) in [5.74, 6) is 0.557. The Morgan fingerprint density at radius 2 is 1.92 bits per heavy atom. The molecule has 4 rings (SSSR count). The number of amides is 1. The molecule has 0 aliphatic carbocycles. The van der Waals surface area contributed by atoms with Crippen LogP contribution in [0.15, 0.2) is 71.3 Å². The van der Waals surface area contributed by atoms with Gasteiger partial charge in [0.2, 0.25) is 0 Å². The quantitative estimate of drug-likeness (QED) is 0.485. The third-order valence-electron chi connectivity index (χ3n) is 3.75. The normalized spacial score (nSPS) is 10.9. The molecule has 0 unspecified atom stereocenters. The first kappa shape index (κ1) is 15.9. The number of rotatable bonds is 4. The molecule has 0 saturated carbocycles. The van der Waals surface area contributed by atoms with Gasteiger partial charge in [-0.05, 0) is 36.4 Å². The SMILES string of the molecule is O=C(c1ccccc1)N(Cc1ccco1)c1nc2c(Cl)cccc2s1. The molecule has 0 saturated heterocycles. The predicted octanol–water partition coefficient (Wildman–Crippen LogP) is 5.39. The molecule has 0 bridgehead atoms. The zero-order chi connectivity index (χ0) is 17.2. The number of fused-ring (bicyclic) bond motifs is 1. The van der Waals surface area contributed by atoms with Gasteiger partial charge < -0.3 is 4.42 Å². The number of carbonyl (C=O) groups is 1. The van der Waals surface area contributed by atoms with Crippen molar-refractivity contribution in [2.24, 2.45) is 0 Å². The Bertz CT molecular complexity index is 1010. The van der Waals surface area contributed by atoms with E-state index < -0.39 is 0 Å². The lowest BCUT2D eigenvalue weighted by Gasteiger charge is -2.18. The number of para-hydroxylation sites is 1. The van der Waals surface area contributed by atoms with Gasteiger partial charge in [-0.2, -0.15) is 0 Å². The molecule has 1 amide bonds. The third-order valence-corrected chi connectivity index (χ3v) is 5.10. The molecule has 0 atom stereocenters. The van der Waals surface area contributed by atoms with Gasteiger partial charge in [0.15, 0.2) is 5.13 Å². The van der Waals surface area contributed by atoms with Gasteiger partial charge in [0.25, 0.3) is 5.91 Å². The highest BCUT2D eigenvalue weighted by Gasteiger charge is 2.23. The van der Waals surface area contributed by atoms with Crippen LogP contribution < -0.4 is 4.90 Å². The topological polar surface area (TPSA) is 46.3 Å². The van der Waals surface area contributed by atoms with Gasteiger partial charge in [0, 0.05) is 5.56 Å². The zero-order valence-electron chi connectivity index (χ0n) is 13.1. The Hall–Kier alpha value is -2.63. The Morgan fingerprint density at radius 1 is 1.08 bits per heavy atom. The molecule has 2 aromatic heterocycles. The monoisotopic (exact) mass is 368 g/mol. The van der Waals surface area contributed by atoms with Crippen LogP contribution >= 0.6 is 22.9 Å². The van der Waals surface area contributed by atoms with Crippen LogP contribution in [-0.2, 0) is 6.54 Å². The van der Waals surface area contributed by atoms with E-state index in [0.717, 1.165) is 4.70 Å². The number of halogens is 1. The second-order valence-electron chi connectivity index (χ2n) is 5.42. The van der Waals surface area contributed by atoms with Crippen LogP contribution in [0.25, 0.3) is 10.2 Å². The Balaban J connectivity index is 1.78. The van der Waals surface area contributed by atoms with Crippen molar-refractivity contribution < 1.29 is 9.21 Å². The van der Waals surface area contributed by atoms with Gasteiger partial charge in [-0.3, -0.25) is 9.69 Å². The van der Waals surface area contributed by atoms with Gasteiger partial charge in [0.1, 0.15) is 11.3 Å². The molecule has 0 spiro atoms. The predicted molar refractivity (Wildman–Crippen MR) is 100 cm³/mol. The maximum Gasteiger partial charge on any atom is 0.260 e. The summed E-state index contributed by atoms with van der Waals surface area (Å²) in [6, 6.07) is 18.4. The molecule has 0 N–H and O–H groups in total. The van der Waals surface area contributed by atoms with Crippen molar-refractivity contribution in [3.8, 4) is 0 Å². The standard InChI is InChI=1S/C19H13ClN2O2S/c20-15-9-4-10-16-17(15)21-19(25-16)22(12-14-8-5-11-24-14)18(23)13-6-2-1-3-7-13/h1-11H,12H2. The zero-order valence-corrected chi connectivity index (χ0v) is 14.6. The minimum atomic E-state index is -0.132. The number of hydrogen-bond donors (Lipinski definition) is 0. The molecule has 0 fully saturated rings. The lowest BCUT2D eigenvalue weighted by atomic mass is 10.2. The van der Waals surface area contributed by atoms with Gasteiger partial charge >= 0.3 is 0 Å². The number of aromatic nitrogens is 1. The second kappa shape index (κ2) is 6.70. The van der Waals surface area contributed by atoms with Crippen molar-refractivity contribution in [2.75, 3.05) is 4.90 Å². The molecule has 4 nitrogen and oxygen atoms in total. The summed E-state index contributed by atoms with van der Waals surface area (Å²) in [6.07, 6.45) is 1.59. The molecule has 0 aliphatic rings. The van der Waals surface area contributed by atoms with Crippen LogP contribution in [0.4, 0.5) is 5.13 Å². The van der Waals surface area contributed by atoms with Crippen LogP contribution in [0.2, 0.25) is 5.02 Å². The second-order valence-corrected chi connectivity index (χ2v) is 6.84. The third kappa shape index (κ3) is 3.16. The molecule has 6 heteroatoms. The molecule has 2 aromatic carbocycles. The van der Waals surface area contributed by atoms with Crippen LogP contribution in [0.3, 0.4) is 0 Å². The van der Waals surface area contributed by atoms with E-state index in [2.05, 4.69) is 4.98 Å². The first-order valence-electron chi connectivity index (χ1n) is 7.67. The molecule has 0 radical (unpaired) electrons. The molecular weight excluding hydrogens is 356 g/mol.